The predicted octanol–water partition coefficient (Wildman–Crippen LogP) is 4.49. The lowest BCUT2D eigenvalue weighted by atomic mass is 10.1. The average molecular weight is 450 g/mol. The van der Waals surface area contributed by atoms with Crippen LogP contribution < -0.4 is 9.46 Å². The molecule has 0 spiro atoms. The summed E-state index contributed by atoms with van der Waals surface area (Å²) in [5, 5.41) is 0. The number of nitrogens with one attached hydrogen (secondary N) is 1. The van der Waals surface area contributed by atoms with Crippen LogP contribution in [-0.2, 0) is 10.0 Å². The topological polar surface area (TPSA) is 99.0 Å². The van der Waals surface area contributed by atoms with Gasteiger partial charge < -0.3 is 4.74 Å². The van der Waals surface area contributed by atoms with Crippen LogP contribution >= 0.6 is 0 Å². The third-order valence-corrected chi connectivity index (χ3v) is 6.50. The zero-order chi connectivity index (χ0) is 22.9. The van der Waals surface area contributed by atoms with Crippen LogP contribution in [-0.4, -0.2) is 27.9 Å². The van der Waals surface area contributed by atoms with Crippen molar-refractivity contribution in [3.8, 4) is 17.4 Å². The summed E-state index contributed by atoms with van der Waals surface area (Å²) < 4.78 is 36.0. The second-order valence-corrected chi connectivity index (χ2v) is 9.17. The first-order chi connectivity index (χ1) is 15.2. The van der Waals surface area contributed by atoms with E-state index in [-0.39, 0.29) is 4.90 Å². The number of ether oxygens (including phenoxy) is 1. The van der Waals surface area contributed by atoms with Crippen LogP contribution in [0.25, 0.3) is 5.82 Å². The standard InChI is InChI=1S/C23H23N5O3S/c1-15-11-17(3)21(12-16(15)2)32(29,30)27-19-5-7-20(8-6-19)31-23-13-22(25-18(4)26-23)28-10-9-24-14-28/h5-14,27H,1-4H3. The molecule has 0 aliphatic carbocycles. The Morgan fingerprint density at radius 3 is 2.31 bits per heavy atom. The highest BCUT2D eigenvalue weighted by Crippen LogP contribution is 2.26. The second kappa shape index (κ2) is 8.43. The Balaban J connectivity index is 1.52. The number of hydrogen-bond acceptors (Lipinski definition) is 6. The maximum atomic E-state index is 12.9. The molecular formula is C23H23N5O3S. The summed E-state index contributed by atoms with van der Waals surface area (Å²) >= 11 is 0. The highest BCUT2D eigenvalue weighted by Gasteiger charge is 2.18. The van der Waals surface area contributed by atoms with Gasteiger partial charge in [0.05, 0.1) is 4.90 Å². The second-order valence-electron chi connectivity index (χ2n) is 7.52. The van der Waals surface area contributed by atoms with Crippen LogP contribution in [0.2, 0.25) is 0 Å². The molecule has 8 nitrogen and oxygen atoms in total. The molecule has 0 bridgehead atoms. The van der Waals surface area contributed by atoms with Gasteiger partial charge in [-0.25, -0.2) is 18.4 Å². The van der Waals surface area contributed by atoms with Crippen molar-refractivity contribution in [2.75, 3.05) is 4.72 Å². The molecule has 0 radical (unpaired) electrons. The van der Waals surface area contributed by atoms with Gasteiger partial charge in [0.1, 0.15) is 23.7 Å². The van der Waals surface area contributed by atoms with Crippen LogP contribution in [0.1, 0.15) is 22.5 Å². The van der Waals surface area contributed by atoms with Crippen LogP contribution in [0.15, 0.2) is 66.1 Å². The van der Waals surface area contributed by atoms with E-state index in [0.29, 0.717) is 34.5 Å². The van der Waals surface area contributed by atoms with Crippen molar-refractivity contribution in [3.63, 3.8) is 0 Å². The van der Waals surface area contributed by atoms with Crippen molar-refractivity contribution in [3.05, 3.63) is 83.7 Å². The van der Waals surface area contributed by atoms with Crippen molar-refractivity contribution in [2.45, 2.75) is 32.6 Å². The van der Waals surface area contributed by atoms with Gasteiger partial charge in [-0.15, -0.1) is 0 Å². The van der Waals surface area contributed by atoms with Gasteiger partial charge >= 0.3 is 0 Å². The first-order valence-corrected chi connectivity index (χ1v) is 11.4. The highest BCUT2D eigenvalue weighted by molar-refractivity contribution is 7.92. The van der Waals surface area contributed by atoms with Crippen LogP contribution in [0.4, 0.5) is 5.69 Å². The van der Waals surface area contributed by atoms with Gasteiger partial charge in [-0.2, -0.15) is 4.98 Å². The smallest absolute Gasteiger partial charge is 0.262 e. The van der Waals surface area contributed by atoms with Gasteiger partial charge in [0, 0.05) is 24.1 Å². The minimum absolute atomic E-state index is 0.268. The van der Waals surface area contributed by atoms with Gasteiger partial charge in [-0.05, 0) is 74.7 Å². The summed E-state index contributed by atoms with van der Waals surface area (Å²) in [6, 6.07) is 11.9. The summed E-state index contributed by atoms with van der Waals surface area (Å²) in [7, 11) is -3.71. The number of rotatable bonds is 6. The number of aromatic nitrogens is 4. The van der Waals surface area contributed by atoms with Gasteiger partial charge in [-0.3, -0.25) is 9.29 Å². The molecule has 2 heterocycles. The lowest BCUT2D eigenvalue weighted by molar-refractivity contribution is 0.459. The summed E-state index contributed by atoms with van der Waals surface area (Å²) in [5.74, 6) is 2.09. The first-order valence-electron chi connectivity index (χ1n) is 9.94. The molecule has 164 valence electrons. The van der Waals surface area contributed by atoms with Gasteiger partial charge in [0.15, 0.2) is 0 Å². The van der Waals surface area contributed by atoms with Crippen molar-refractivity contribution >= 4 is 15.7 Å². The fourth-order valence-corrected chi connectivity index (χ4v) is 4.62. The Bertz CT molecular complexity index is 1370. The van der Waals surface area contributed by atoms with Crippen molar-refractivity contribution in [2.24, 2.45) is 0 Å². The first kappa shape index (κ1) is 21.5. The molecule has 9 heteroatoms. The van der Waals surface area contributed by atoms with Gasteiger partial charge in [0.2, 0.25) is 5.88 Å². The highest BCUT2D eigenvalue weighted by atomic mass is 32.2. The van der Waals surface area contributed by atoms with E-state index in [1.165, 1.54) is 0 Å². The quantitative estimate of drug-likeness (QED) is 0.466. The van der Waals surface area contributed by atoms with E-state index in [9.17, 15) is 8.42 Å². The zero-order valence-electron chi connectivity index (χ0n) is 18.2. The fourth-order valence-electron chi connectivity index (χ4n) is 3.25. The van der Waals surface area contributed by atoms with E-state index in [1.807, 2.05) is 19.9 Å². The maximum Gasteiger partial charge on any atom is 0.262 e. The third kappa shape index (κ3) is 4.62. The molecule has 0 unspecified atom stereocenters. The Hall–Kier alpha value is -3.72. The number of anilines is 1. The summed E-state index contributed by atoms with van der Waals surface area (Å²) in [6.45, 7) is 7.43. The lowest BCUT2D eigenvalue weighted by Gasteiger charge is -2.13. The molecule has 0 fully saturated rings. The zero-order valence-corrected chi connectivity index (χ0v) is 19.0. The molecule has 0 aliphatic rings. The minimum atomic E-state index is -3.71. The molecule has 4 rings (SSSR count). The summed E-state index contributed by atoms with van der Waals surface area (Å²) in [5.41, 5.74) is 3.12. The van der Waals surface area contributed by atoms with Crippen molar-refractivity contribution in [1.82, 2.24) is 19.5 Å². The molecule has 32 heavy (non-hydrogen) atoms. The maximum absolute atomic E-state index is 12.9. The van der Waals surface area contributed by atoms with E-state index in [2.05, 4.69) is 19.7 Å². The van der Waals surface area contributed by atoms with Crippen molar-refractivity contribution in [1.29, 1.82) is 0 Å². The molecule has 1 N–H and O–H groups in total. The largest absolute Gasteiger partial charge is 0.439 e. The molecule has 0 saturated heterocycles. The minimum Gasteiger partial charge on any atom is -0.439 e. The summed E-state index contributed by atoms with van der Waals surface area (Å²) in [6.07, 6.45) is 5.09. The average Bonchev–Trinajstić information content (AvgIpc) is 3.26. The normalized spacial score (nSPS) is 11.4. The third-order valence-electron chi connectivity index (χ3n) is 4.98. The lowest BCUT2D eigenvalue weighted by Crippen LogP contribution is -2.14. The van der Waals surface area contributed by atoms with Crippen molar-refractivity contribution < 1.29 is 13.2 Å². The Morgan fingerprint density at radius 2 is 1.62 bits per heavy atom. The van der Waals surface area contributed by atoms with E-state index < -0.39 is 10.0 Å². The number of benzene rings is 2. The molecule has 2 aromatic heterocycles. The Labute approximate surface area is 187 Å². The monoisotopic (exact) mass is 449 g/mol. The molecule has 0 aliphatic heterocycles. The van der Waals surface area contributed by atoms with E-state index >= 15 is 0 Å². The Morgan fingerprint density at radius 1 is 0.906 bits per heavy atom. The molecular weight excluding hydrogens is 426 g/mol. The molecule has 2 aromatic carbocycles. The fraction of sp³-hybridized carbons (Fsp3) is 0.174. The molecule has 0 amide bonds. The van der Waals surface area contributed by atoms with E-state index in [4.69, 9.17) is 4.74 Å². The predicted molar refractivity (Wildman–Crippen MR) is 122 cm³/mol. The van der Waals surface area contributed by atoms with Gasteiger partial charge in [0.25, 0.3) is 10.0 Å². The number of nitrogens with zero attached hydrogens (tertiary/aromatic N) is 4. The molecule has 4 aromatic rings. The van der Waals surface area contributed by atoms with Crippen LogP contribution in [0.5, 0.6) is 11.6 Å². The molecule has 0 atom stereocenters. The SMILES string of the molecule is Cc1nc(Oc2ccc(NS(=O)(=O)c3cc(C)c(C)cc3C)cc2)cc(-n2ccnc2)n1. The van der Waals surface area contributed by atoms with E-state index in [0.717, 1.165) is 11.1 Å². The summed E-state index contributed by atoms with van der Waals surface area (Å²) in [4.78, 5) is 13.0. The van der Waals surface area contributed by atoms with E-state index in [1.54, 1.807) is 73.5 Å². The number of hydrogen-bond donors (Lipinski definition) is 1. The molecule has 0 saturated carbocycles. The van der Waals surface area contributed by atoms with Crippen LogP contribution in [0.3, 0.4) is 0 Å². The Kier molecular flexibility index (Phi) is 5.67. The number of aryl methyl sites for hydroxylation is 4. The van der Waals surface area contributed by atoms with Crippen LogP contribution in [0, 0.1) is 27.7 Å². The number of sulfonamides is 1. The number of imidazole rings is 1. The van der Waals surface area contributed by atoms with Gasteiger partial charge in [-0.1, -0.05) is 6.07 Å².